The van der Waals surface area contributed by atoms with Crippen molar-refractivity contribution in [2.24, 2.45) is 0 Å². The molecule has 0 spiro atoms. The number of allylic oxidation sites excluding steroid dienone is 14. The number of aliphatic hydroxyl groups excluding tert-OH is 5. The summed E-state index contributed by atoms with van der Waals surface area (Å²) in [6, 6.07) is 0. The summed E-state index contributed by atoms with van der Waals surface area (Å²) in [6.45, 7) is 4.06. The Balaban J connectivity index is 2.40. The summed E-state index contributed by atoms with van der Waals surface area (Å²) in [7, 11) is -5.04. The van der Waals surface area contributed by atoms with Crippen LogP contribution in [0.4, 0.5) is 0 Å². The maximum Gasteiger partial charge on any atom is 0.472 e. The average Bonchev–Trinajstić information content (AvgIpc) is 3.28. The lowest BCUT2D eigenvalue weighted by molar-refractivity contribution is -0.220. The Labute approximate surface area is 386 Å². The normalized spacial score (nSPS) is 22.4. The monoisotopic (exact) mass is 923 g/mol. The fourth-order valence-corrected chi connectivity index (χ4v) is 7.85. The van der Waals surface area contributed by atoms with Crippen LogP contribution in [0, 0.1) is 0 Å². The van der Waals surface area contributed by atoms with Gasteiger partial charge >= 0.3 is 13.8 Å². The number of hydrogen-bond donors (Lipinski definition) is 6. The summed E-state index contributed by atoms with van der Waals surface area (Å²) in [5.74, 6) is -0.507. The number of hydrogen-bond acceptors (Lipinski definition) is 11. The van der Waals surface area contributed by atoms with Crippen LogP contribution >= 0.6 is 7.82 Å². The second-order valence-electron chi connectivity index (χ2n) is 16.6. The van der Waals surface area contributed by atoms with Crippen molar-refractivity contribution in [2.75, 3.05) is 19.8 Å². The van der Waals surface area contributed by atoms with Crippen molar-refractivity contribution in [1.82, 2.24) is 0 Å². The topological polar surface area (TPSA) is 192 Å². The number of phosphoric ester groups is 1. The summed E-state index contributed by atoms with van der Waals surface area (Å²) in [5.41, 5.74) is 0. The third-order valence-corrected chi connectivity index (χ3v) is 11.7. The lowest BCUT2D eigenvalue weighted by Crippen LogP contribution is -2.64. The van der Waals surface area contributed by atoms with E-state index in [-0.39, 0.29) is 13.0 Å². The first-order valence-electron chi connectivity index (χ1n) is 24.4. The summed E-state index contributed by atoms with van der Waals surface area (Å²) in [5, 5.41) is 50.3. The number of carbonyl (C=O) groups excluding carboxylic acids is 1. The number of unbranched alkanes of at least 4 members (excludes halogenated alkanes) is 14. The lowest BCUT2D eigenvalue weighted by Gasteiger charge is -2.41. The minimum absolute atomic E-state index is 0.0988. The molecule has 6 atom stereocenters. The van der Waals surface area contributed by atoms with Crippen molar-refractivity contribution >= 4 is 13.8 Å². The molecule has 0 bridgehead atoms. The zero-order valence-corrected chi connectivity index (χ0v) is 40.2. The number of ether oxygens (including phenoxy) is 2. The van der Waals surface area contributed by atoms with E-state index in [1.165, 1.54) is 44.9 Å². The number of esters is 1. The number of aliphatic hydroxyl groups is 5. The van der Waals surface area contributed by atoms with Crippen LogP contribution in [0.25, 0.3) is 0 Å². The Morgan fingerprint density at radius 1 is 0.516 bits per heavy atom. The second kappa shape index (κ2) is 40.8. The summed E-state index contributed by atoms with van der Waals surface area (Å²) in [4.78, 5) is 23.2. The van der Waals surface area contributed by atoms with Gasteiger partial charge in [0.1, 0.15) is 42.7 Å². The summed E-state index contributed by atoms with van der Waals surface area (Å²) < 4.78 is 34.2. The van der Waals surface area contributed by atoms with Crippen molar-refractivity contribution in [2.45, 2.75) is 211 Å². The minimum Gasteiger partial charge on any atom is -0.457 e. The van der Waals surface area contributed by atoms with E-state index >= 15 is 0 Å². The predicted octanol–water partition coefficient (Wildman–Crippen LogP) is 10.5. The van der Waals surface area contributed by atoms with Gasteiger partial charge < -0.3 is 39.9 Å². The zero-order chi connectivity index (χ0) is 46.9. The van der Waals surface area contributed by atoms with E-state index in [2.05, 4.69) is 98.9 Å². The Morgan fingerprint density at radius 3 is 1.41 bits per heavy atom. The SMILES string of the molecule is CC/C=C\C/C=C\C/C=C\C/C=C\CCCCCCC(=O)OC(COCCCCCCCCC/C=C\C/C=C\C/C=C\CCCCC)COP(=O)(O)OC1C(O)C(O)C(O)C(O)C1O. The van der Waals surface area contributed by atoms with Gasteiger partial charge in [0.25, 0.3) is 0 Å². The summed E-state index contributed by atoms with van der Waals surface area (Å²) >= 11 is 0. The van der Waals surface area contributed by atoms with Crippen LogP contribution in [0.15, 0.2) is 85.1 Å². The van der Waals surface area contributed by atoms with E-state index in [0.29, 0.717) is 13.0 Å². The molecule has 0 amide bonds. The molecule has 64 heavy (non-hydrogen) atoms. The predicted molar refractivity (Wildman–Crippen MR) is 258 cm³/mol. The van der Waals surface area contributed by atoms with Crippen molar-refractivity contribution in [3.8, 4) is 0 Å². The van der Waals surface area contributed by atoms with Gasteiger partial charge in [0.05, 0.1) is 13.2 Å². The van der Waals surface area contributed by atoms with Gasteiger partial charge in [-0.1, -0.05) is 157 Å². The van der Waals surface area contributed by atoms with Crippen LogP contribution in [0.3, 0.4) is 0 Å². The van der Waals surface area contributed by atoms with Crippen LogP contribution in [-0.2, 0) is 27.9 Å². The Kier molecular flexibility index (Phi) is 37.9. The van der Waals surface area contributed by atoms with Crippen LogP contribution in [0.2, 0.25) is 0 Å². The molecule has 1 aliphatic carbocycles. The maximum atomic E-state index is 12.8. The highest BCUT2D eigenvalue weighted by molar-refractivity contribution is 7.47. The van der Waals surface area contributed by atoms with Gasteiger partial charge in [0, 0.05) is 13.0 Å². The fourth-order valence-electron chi connectivity index (χ4n) is 6.88. The van der Waals surface area contributed by atoms with Crippen molar-refractivity contribution < 1.29 is 58.3 Å². The van der Waals surface area contributed by atoms with Crippen molar-refractivity contribution in [3.05, 3.63) is 85.1 Å². The van der Waals surface area contributed by atoms with Crippen LogP contribution in [-0.4, -0.2) is 98.9 Å². The van der Waals surface area contributed by atoms with E-state index < -0.39 is 63.1 Å². The molecule has 0 aliphatic heterocycles. The highest BCUT2D eigenvalue weighted by Gasteiger charge is 2.51. The molecule has 13 heteroatoms. The standard InChI is InChI=1S/C51H87O12P/c1-3-5-7-9-11-13-15-17-19-21-22-23-25-27-29-31-33-35-37-39-41-60-42-44(43-61-64(58,59)63-51-49(56)47(54)46(53)48(55)50(51)57)62-45(52)40-38-36-34-32-30-28-26-24-20-18-16-14-12-10-8-6-4-2/h6,8,11-14,17-20,22-23,26,28,44,46-51,53-57H,3-5,7,9-10,15-16,21,24-25,27,29-43H2,1-2H3,(H,58,59)/b8-6-,13-11-,14-12-,19-17-,20-18-,23-22-,28-26-. The summed E-state index contributed by atoms with van der Waals surface area (Å²) in [6.07, 6.45) is 42.1. The highest BCUT2D eigenvalue weighted by atomic mass is 31.2. The molecular formula is C51H87O12P. The van der Waals surface area contributed by atoms with Gasteiger partial charge in [0.2, 0.25) is 0 Å². The zero-order valence-electron chi connectivity index (χ0n) is 39.3. The van der Waals surface area contributed by atoms with Gasteiger partial charge in [-0.25, -0.2) is 4.57 Å². The number of phosphoric acid groups is 1. The van der Waals surface area contributed by atoms with E-state index in [0.717, 1.165) is 96.3 Å². The van der Waals surface area contributed by atoms with Gasteiger partial charge in [-0.3, -0.25) is 13.8 Å². The molecule has 0 radical (unpaired) electrons. The number of rotatable bonds is 40. The molecule has 12 nitrogen and oxygen atoms in total. The van der Waals surface area contributed by atoms with Gasteiger partial charge in [-0.15, -0.1) is 0 Å². The molecule has 0 aromatic carbocycles. The minimum atomic E-state index is -5.04. The Morgan fingerprint density at radius 2 is 0.922 bits per heavy atom. The molecule has 0 aromatic heterocycles. The molecular weight excluding hydrogens is 836 g/mol. The third kappa shape index (κ3) is 32.2. The molecule has 368 valence electrons. The van der Waals surface area contributed by atoms with Gasteiger partial charge in [-0.05, 0) is 89.9 Å². The molecule has 6 N–H and O–H groups in total. The van der Waals surface area contributed by atoms with E-state index in [1.54, 1.807) is 0 Å². The quantitative estimate of drug-likeness (QED) is 0.0148. The van der Waals surface area contributed by atoms with Crippen molar-refractivity contribution in [3.63, 3.8) is 0 Å². The first-order valence-corrected chi connectivity index (χ1v) is 25.9. The Hall–Kier alpha value is -2.48. The second-order valence-corrected chi connectivity index (χ2v) is 18.0. The molecule has 1 aliphatic rings. The molecule has 1 saturated carbocycles. The first kappa shape index (κ1) is 59.5. The van der Waals surface area contributed by atoms with Crippen molar-refractivity contribution in [1.29, 1.82) is 0 Å². The molecule has 1 rings (SSSR count). The van der Waals surface area contributed by atoms with E-state index in [1.807, 2.05) is 0 Å². The molecule has 0 heterocycles. The fraction of sp³-hybridized carbons (Fsp3) is 0.706. The highest BCUT2D eigenvalue weighted by Crippen LogP contribution is 2.47. The van der Waals surface area contributed by atoms with E-state index in [4.69, 9.17) is 18.5 Å². The average molecular weight is 923 g/mol. The number of carbonyl (C=O) groups is 1. The van der Waals surface area contributed by atoms with Crippen LogP contribution in [0.1, 0.15) is 168 Å². The van der Waals surface area contributed by atoms with Crippen LogP contribution in [0.5, 0.6) is 0 Å². The Bertz CT molecular complexity index is 1380. The maximum absolute atomic E-state index is 12.8. The molecule has 0 saturated heterocycles. The smallest absolute Gasteiger partial charge is 0.457 e. The van der Waals surface area contributed by atoms with E-state index in [9.17, 15) is 39.8 Å². The third-order valence-electron chi connectivity index (χ3n) is 10.8. The van der Waals surface area contributed by atoms with Gasteiger partial charge in [0.15, 0.2) is 0 Å². The lowest BCUT2D eigenvalue weighted by atomic mass is 9.85. The molecule has 1 fully saturated rings. The molecule has 0 aromatic rings. The molecule has 6 unspecified atom stereocenters. The van der Waals surface area contributed by atoms with Gasteiger partial charge in [-0.2, -0.15) is 0 Å². The van der Waals surface area contributed by atoms with Crippen LogP contribution < -0.4 is 0 Å². The first-order chi connectivity index (χ1) is 31.0. The largest absolute Gasteiger partial charge is 0.472 e.